The Labute approximate surface area is 123 Å². The van der Waals surface area contributed by atoms with Crippen LogP contribution in [0.3, 0.4) is 0 Å². The third-order valence-corrected chi connectivity index (χ3v) is 3.10. The van der Waals surface area contributed by atoms with Crippen molar-refractivity contribution in [2.75, 3.05) is 6.61 Å². The van der Waals surface area contributed by atoms with Crippen molar-refractivity contribution in [3.8, 4) is 11.1 Å². The number of ether oxygens (including phenoxy) is 1. The third kappa shape index (κ3) is 2.78. The zero-order valence-electron chi connectivity index (χ0n) is 11.1. The molecule has 1 amide bonds. The van der Waals surface area contributed by atoms with Gasteiger partial charge < -0.3 is 4.74 Å². The Hall–Kier alpha value is -2.83. The minimum Gasteiger partial charge on any atom is -0.442 e. The number of hydrogen-bond donors (Lipinski definition) is 1. The summed E-state index contributed by atoms with van der Waals surface area (Å²) >= 11 is 0. The first-order chi connectivity index (χ1) is 10.5. The summed E-state index contributed by atoms with van der Waals surface area (Å²) in [5, 5.41) is 3.76. The van der Waals surface area contributed by atoms with Gasteiger partial charge in [0.05, 0.1) is 0 Å². The van der Waals surface area contributed by atoms with Gasteiger partial charge in [0.25, 0.3) is 0 Å². The Morgan fingerprint density at radius 3 is 2.32 bits per heavy atom. The highest BCUT2D eigenvalue weighted by Crippen LogP contribution is 2.25. The molecule has 0 saturated carbocycles. The van der Waals surface area contributed by atoms with Crippen molar-refractivity contribution in [1.82, 2.24) is 5.43 Å². The van der Waals surface area contributed by atoms with Gasteiger partial charge in [0, 0.05) is 17.2 Å². The number of halogens is 3. The van der Waals surface area contributed by atoms with Gasteiger partial charge in [-0.2, -0.15) is 5.10 Å². The van der Waals surface area contributed by atoms with Crippen molar-refractivity contribution in [2.45, 2.75) is 0 Å². The van der Waals surface area contributed by atoms with Gasteiger partial charge >= 0.3 is 6.09 Å². The van der Waals surface area contributed by atoms with E-state index in [4.69, 9.17) is 4.74 Å². The highest BCUT2D eigenvalue weighted by molar-refractivity contribution is 6.03. The predicted octanol–water partition coefficient (Wildman–Crippen LogP) is 3.21. The molecule has 0 aliphatic carbocycles. The van der Waals surface area contributed by atoms with Gasteiger partial charge in [0.15, 0.2) is 0 Å². The first-order valence-corrected chi connectivity index (χ1v) is 6.28. The maximum absolute atomic E-state index is 14.2. The molecule has 112 valence electrons. The van der Waals surface area contributed by atoms with E-state index >= 15 is 0 Å². The molecular formula is C15H9F3N2O2. The van der Waals surface area contributed by atoms with Crippen molar-refractivity contribution < 1.29 is 22.7 Å². The van der Waals surface area contributed by atoms with Crippen LogP contribution in [-0.2, 0) is 4.74 Å². The molecule has 1 N–H and O–H groups in total. The lowest BCUT2D eigenvalue weighted by Gasteiger charge is -2.14. The Balaban J connectivity index is 1.97. The van der Waals surface area contributed by atoms with E-state index < -0.39 is 23.5 Å². The maximum atomic E-state index is 14.2. The molecule has 0 saturated heterocycles. The molecule has 0 spiro atoms. The van der Waals surface area contributed by atoms with E-state index in [1.807, 2.05) is 0 Å². The van der Waals surface area contributed by atoms with Crippen molar-refractivity contribution in [1.29, 1.82) is 0 Å². The Morgan fingerprint density at radius 1 is 1.00 bits per heavy atom. The van der Waals surface area contributed by atoms with E-state index in [0.717, 1.165) is 18.2 Å². The lowest BCUT2D eigenvalue weighted by atomic mass is 10.0. The summed E-state index contributed by atoms with van der Waals surface area (Å²) in [6.07, 6.45) is -0.684. The summed E-state index contributed by atoms with van der Waals surface area (Å²) in [5.74, 6) is -2.24. The number of hydrazone groups is 1. The SMILES string of the molecule is O=C1NN=C(c2ccc(-c3cc(F)cc(F)c3)c(F)c2)CO1. The van der Waals surface area contributed by atoms with Crippen LogP contribution >= 0.6 is 0 Å². The number of nitrogens with one attached hydrogen (secondary N) is 1. The van der Waals surface area contributed by atoms with E-state index in [1.54, 1.807) is 0 Å². The smallest absolute Gasteiger partial charge is 0.428 e. The molecule has 0 radical (unpaired) electrons. The number of rotatable bonds is 2. The molecule has 1 heterocycles. The second-order valence-electron chi connectivity index (χ2n) is 4.60. The molecule has 7 heteroatoms. The quantitative estimate of drug-likeness (QED) is 0.926. The van der Waals surface area contributed by atoms with Crippen LogP contribution in [0.25, 0.3) is 11.1 Å². The Bertz CT molecular complexity index is 770. The molecule has 0 atom stereocenters. The largest absolute Gasteiger partial charge is 0.442 e. The lowest BCUT2D eigenvalue weighted by molar-refractivity contribution is 0.157. The predicted molar refractivity (Wildman–Crippen MR) is 72.8 cm³/mol. The summed E-state index contributed by atoms with van der Waals surface area (Å²) in [5.41, 5.74) is 3.01. The van der Waals surface area contributed by atoms with Gasteiger partial charge in [-0.05, 0) is 23.8 Å². The van der Waals surface area contributed by atoms with E-state index in [2.05, 4.69) is 10.5 Å². The number of carbonyl (C=O) groups is 1. The topological polar surface area (TPSA) is 50.7 Å². The monoisotopic (exact) mass is 306 g/mol. The first kappa shape index (κ1) is 14.1. The number of nitrogens with zero attached hydrogens (tertiary/aromatic N) is 1. The minimum absolute atomic E-state index is 0.0588. The highest BCUT2D eigenvalue weighted by Gasteiger charge is 2.16. The van der Waals surface area contributed by atoms with Crippen LogP contribution in [-0.4, -0.2) is 18.4 Å². The standard InChI is InChI=1S/C15H9F3N2O2/c16-10-3-9(4-11(17)6-10)12-2-1-8(5-13(12)18)14-7-22-15(21)20-19-14/h1-6H,7H2,(H,20,21). The number of amides is 1. The highest BCUT2D eigenvalue weighted by atomic mass is 19.1. The molecule has 0 unspecified atom stereocenters. The maximum Gasteiger partial charge on any atom is 0.428 e. The van der Waals surface area contributed by atoms with E-state index in [0.29, 0.717) is 17.3 Å². The van der Waals surface area contributed by atoms with Gasteiger partial charge in [0.1, 0.15) is 29.8 Å². The van der Waals surface area contributed by atoms with E-state index in [-0.39, 0.29) is 17.7 Å². The Morgan fingerprint density at radius 2 is 1.73 bits per heavy atom. The summed E-state index contributed by atoms with van der Waals surface area (Å²) in [4.78, 5) is 10.8. The Kier molecular flexibility index (Phi) is 3.54. The zero-order valence-corrected chi connectivity index (χ0v) is 11.1. The van der Waals surface area contributed by atoms with Crippen molar-refractivity contribution in [3.05, 3.63) is 59.4 Å². The second kappa shape index (κ2) is 5.51. The molecule has 2 aromatic rings. The fourth-order valence-corrected chi connectivity index (χ4v) is 2.10. The molecule has 0 aromatic heterocycles. The number of benzene rings is 2. The van der Waals surface area contributed by atoms with Crippen molar-refractivity contribution in [3.63, 3.8) is 0 Å². The molecule has 0 fully saturated rings. The van der Waals surface area contributed by atoms with Crippen LogP contribution in [0.15, 0.2) is 41.5 Å². The molecular weight excluding hydrogens is 297 g/mol. The zero-order chi connectivity index (χ0) is 15.7. The molecule has 4 nitrogen and oxygen atoms in total. The summed E-state index contributed by atoms with van der Waals surface area (Å²) in [7, 11) is 0. The first-order valence-electron chi connectivity index (χ1n) is 6.28. The third-order valence-electron chi connectivity index (χ3n) is 3.10. The van der Waals surface area contributed by atoms with E-state index in [9.17, 15) is 18.0 Å². The van der Waals surface area contributed by atoms with Crippen molar-refractivity contribution >= 4 is 11.8 Å². The lowest BCUT2D eigenvalue weighted by Crippen LogP contribution is -2.30. The molecule has 1 aliphatic heterocycles. The average Bonchev–Trinajstić information content (AvgIpc) is 2.46. The van der Waals surface area contributed by atoms with Crippen molar-refractivity contribution in [2.24, 2.45) is 5.10 Å². The summed E-state index contributed by atoms with van der Waals surface area (Å²) < 4.78 is 45.4. The number of cyclic esters (lactones) is 1. The van der Waals surface area contributed by atoms with Crippen LogP contribution in [0.1, 0.15) is 5.56 Å². The van der Waals surface area contributed by atoms with E-state index in [1.165, 1.54) is 12.1 Å². The summed E-state index contributed by atoms with van der Waals surface area (Å²) in [6.45, 7) is -0.0841. The van der Waals surface area contributed by atoms with Crippen LogP contribution in [0, 0.1) is 17.5 Å². The number of hydrogen-bond acceptors (Lipinski definition) is 3. The normalized spacial score (nSPS) is 14.1. The van der Waals surface area contributed by atoms with Crippen LogP contribution < -0.4 is 5.43 Å². The van der Waals surface area contributed by atoms with Gasteiger partial charge in [-0.25, -0.2) is 23.4 Å². The van der Waals surface area contributed by atoms with Crippen LogP contribution in [0.2, 0.25) is 0 Å². The molecule has 1 aliphatic rings. The molecule has 3 rings (SSSR count). The minimum atomic E-state index is -0.786. The van der Waals surface area contributed by atoms with Crippen LogP contribution in [0.5, 0.6) is 0 Å². The van der Waals surface area contributed by atoms with Gasteiger partial charge in [-0.1, -0.05) is 12.1 Å². The fourth-order valence-electron chi connectivity index (χ4n) is 2.10. The average molecular weight is 306 g/mol. The fraction of sp³-hybridized carbons (Fsp3) is 0.0667. The van der Waals surface area contributed by atoms with Gasteiger partial charge in [-0.3, -0.25) is 0 Å². The second-order valence-corrected chi connectivity index (χ2v) is 4.60. The molecule has 22 heavy (non-hydrogen) atoms. The number of carbonyl (C=O) groups excluding carboxylic acids is 1. The summed E-state index contributed by atoms with van der Waals surface area (Å²) in [6, 6.07) is 6.88. The van der Waals surface area contributed by atoms with Gasteiger partial charge in [0.2, 0.25) is 0 Å². The van der Waals surface area contributed by atoms with Gasteiger partial charge in [-0.15, -0.1) is 0 Å². The molecule has 0 bridgehead atoms. The van der Waals surface area contributed by atoms with Crippen LogP contribution in [0.4, 0.5) is 18.0 Å². The molecule has 2 aromatic carbocycles.